The molecule has 3 rings (SSSR count). The van der Waals surface area contributed by atoms with Gasteiger partial charge in [-0.1, -0.05) is 12.1 Å². The van der Waals surface area contributed by atoms with Gasteiger partial charge in [0.25, 0.3) is 5.69 Å². The van der Waals surface area contributed by atoms with Crippen molar-refractivity contribution >= 4 is 22.9 Å². The molecule has 0 spiro atoms. The average Bonchev–Trinajstić information content (AvgIpc) is 2.72. The van der Waals surface area contributed by atoms with Gasteiger partial charge in [0.05, 0.1) is 23.6 Å². The fourth-order valence-electron chi connectivity index (χ4n) is 4.53. The fraction of sp³-hybridized carbons (Fsp3) is 0.333. The summed E-state index contributed by atoms with van der Waals surface area (Å²) in [6.07, 6.45) is 0.0453. The molecular weight excluding hydrogens is 412 g/mol. The highest BCUT2D eigenvalue weighted by Gasteiger charge is 2.49. The van der Waals surface area contributed by atoms with E-state index in [0.717, 1.165) is 0 Å². The zero-order chi connectivity index (χ0) is 23.6. The number of rotatable bonds is 7. The molecule has 3 unspecified atom stereocenters. The Labute approximate surface area is 186 Å². The minimum Gasteiger partial charge on any atom is -0.497 e. The molecule has 0 saturated carbocycles. The number of methoxy groups -OCH3 is 1. The summed E-state index contributed by atoms with van der Waals surface area (Å²) < 4.78 is 5.17. The van der Waals surface area contributed by atoms with Gasteiger partial charge in [-0.05, 0) is 50.6 Å². The first kappa shape index (κ1) is 23.1. The third-order valence-electron chi connectivity index (χ3n) is 5.82. The van der Waals surface area contributed by atoms with Crippen LogP contribution in [0.1, 0.15) is 38.7 Å². The molecule has 0 amide bonds. The van der Waals surface area contributed by atoms with E-state index >= 15 is 0 Å². The van der Waals surface area contributed by atoms with E-state index in [-0.39, 0.29) is 23.7 Å². The van der Waals surface area contributed by atoms with Crippen molar-refractivity contribution in [3.63, 3.8) is 0 Å². The predicted octanol–water partition coefficient (Wildman–Crippen LogP) is 4.00. The van der Waals surface area contributed by atoms with Gasteiger partial charge in [0.15, 0.2) is 5.78 Å². The number of non-ortho nitro benzene ring substituents is 1. The Morgan fingerprint density at radius 2 is 1.84 bits per heavy atom. The molecule has 8 heteroatoms. The molecule has 0 aliphatic heterocycles. The highest BCUT2D eigenvalue weighted by molar-refractivity contribution is 5.98. The molecule has 2 aromatic carbocycles. The van der Waals surface area contributed by atoms with E-state index in [2.05, 4.69) is 5.32 Å². The van der Waals surface area contributed by atoms with Gasteiger partial charge in [-0.25, -0.2) is 0 Å². The van der Waals surface area contributed by atoms with E-state index in [1.54, 1.807) is 44.4 Å². The van der Waals surface area contributed by atoms with Crippen LogP contribution in [0.15, 0.2) is 59.8 Å². The summed E-state index contributed by atoms with van der Waals surface area (Å²) in [4.78, 5) is 36.3. The van der Waals surface area contributed by atoms with Crippen LogP contribution in [0.3, 0.4) is 0 Å². The van der Waals surface area contributed by atoms with Crippen molar-refractivity contribution < 1.29 is 24.4 Å². The van der Waals surface area contributed by atoms with Crippen molar-refractivity contribution in [2.45, 2.75) is 38.7 Å². The lowest BCUT2D eigenvalue weighted by atomic mass is 9.64. The van der Waals surface area contributed by atoms with E-state index in [1.165, 1.54) is 32.0 Å². The number of hydrogen-bond donors (Lipinski definition) is 2. The molecule has 2 N–H and O–H groups in total. The number of anilines is 1. The van der Waals surface area contributed by atoms with E-state index in [1.807, 2.05) is 0 Å². The van der Waals surface area contributed by atoms with Crippen molar-refractivity contribution in [2.75, 3.05) is 12.4 Å². The molecule has 0 radical (unpaired) electrons. The number of allylic oxidation sites excluding steroid dienone is 1. The molecule has 1 aliphatic carbocycles. The SMILES string of the molecule is COc1ccc(NC2=C(C(C)=O)C(c3cccc([N+](=O)[O-])c3)C(C(C)=O)C(C)(O)C2)cc1. The number of Topliss-reactive ketones (excluding diaryl/α,β-unsaturated/α-hetero) is 2. The summed E-state index contributed by atoms with van der Waals surface area (Å²) >= 11 is 0. The van der Waals surface area contributed by atoms with Gasteiger partial charge < -0.3 is 15.2 Å². The normalized spacial score (nSPS) is 22.9. The Morgan fingerprint density at radius 3 is 2.38 bits per heavy atom. The van der Waals surface area contributed by atoms with E-state index < -0.39 is 22.4 Å². The van der Waals surface area contributed by atoms with Crippen LogP contribution < -0.4 is 10.1 Å². The first-order valence-electron chi connectivity index (χ1n) is 10.2. The van der Waals surface area contributed by atoms with Gasteiger partial charge in [-0.3, -0.25) is 19.7 Å². The number of aliphatic hydroxyl groups is 1. The topological polar surface area (TPSA) is 119 Å². The number of nitro benzene ring substituents is 1. The number of ether oxygens (including phenoxy) is 1. The smallest absolute Gasteiger partial charge is 0.269 e. The van der Waals surface area contributed by atoms with Crippen LogP contribution in [0, 0.1) is 16.0 Å². The van der Waals surface area contributed by atoms with E-state index in [4.69, 9.17) is 4.74 Å². The van der Waals surface area contributed by atoms with E-state index in [9.17, 15) is 24.8 Å². The summed E-state index contributed by atoms with van der Waals surface area (Å²) in [5.74, 6) is -1.69. The van der Waals surface area contributed by atoms with Crippen molar-refractivity contribution in [3.8, 4) is 5.75 Å². The van der Waals surface area contributed by atoms with Crippen molar-refractivity contribution in [2.24, 2.45) is 5.92 Å². The largest absolute Gasteiger partial charge is 0.497 e. The Morgan fingerprint density at radius 1 is 1.19 bits per heavy atom. The average molecular weight is 438 g/mol. The number of nitro groups is 1. The highest BCUT2D eigenvalue weighted by Crippen LogP contribution is 2.48. The maximum absolute atomic E-state index is 12.8. The van der Waals surface area contributed by atoms with Crippen LogP contribution in [0.2, 0.25) is 0 Å². The molecule has 3 atom stereocenters. The lowest BCUT2D eigenvalue weighted by Crippen LogP contribution is -2.48. The second-order valence-corrected chi connectivity index (χ2v) is 8.25. The van der Waals surface area contributed by atoms with Crippen LogP contribution in [-0.4, -0.2) is 34.3 Å². The number of ketones is 2. The Kier molecular flexibility index (Phi) is 6.45. The van der Waals surface area contributed by atoms with Crippen LogP contribution in [-0.2, 0) is 9.59 Å². The van der Waals surface area contributed by atoms with Gasteiger partial charge in [0.2, 0.25) is 0 Å². The third kappa shape index (κ3) is 4.55. The molecule has 8 nitrogen and oxygen atoms in total. The van der Waals surface area contributed by atoms with Crippen LogP contribution in [0.4, 0.5) is 11.4 Å². The molecule has 0 fully saturated rings. The minimum absolute atomic E-state index is 0.0453. The Hall–Kier alpha value is -3.52. The number of carbonyl (C=O) groups excluding carboxylic acids is 2. The molecule has 2 aromatic rings. The van der Waals surface area contributed by atoms with Gasteiger partial charge in [-0.15, -0.1) is 0 Å². The number of hydrogen-bond acceptors (Lipinski definition) is 7. The second-order valence-electron chi connectivity index (χ2n) is 8.25. The first-order valence-corrected chi connectivity index (χ1v) is 10.2. The summed E-state index contributed by atoms with van der Waals surface area (Å²) in [5.41, 5.74) is 0.278. The standard InChI is InChI=1S/C24H26N2O6/c1-14(27)21-20(25-17-8-10-19(32-4)11-9-17)13-24(3,29)23(15(2)28)22(21)16-6-5-7-18(12-16)26(30)31/h5-12,22-23,25,29H,13H2,1-4H3. The number of carbonyl (C=O) groups is 2. The summed E-state index contributed by atoms with van der Waals surface area (Å²) in [7, 11) is 1.56. The monoisotopic (exact) mass is 438 g/mol. The first-order chi connectivity index (χ1) is 15.0. The molecule has 1 aliphatic rings. The Bertz CT molecular complexity index is 1090. The van der Waals surface area contributed by atoms with Crippen LogP contribution >= 0.6 is 0 Å². The predicted molar refractivity (Wildman–Crippen MR) is 120 cm³/mol. The molecular formula is C24H26N2O6. The van der Waals surface area contributed by atoms with Crippen molar-refractivity contribution in [1.29, 1.82) is 0 Å². The molecule has 168 valence electrons. The van der Waals surface area contributed by atoms with Gasteiger partial charge in [0.1, 0.15) is 11.5 Å². The maximum atomic E-state index is 12.8. The Balaban J connectivity index is 2.20. The summed E-state index contributed by atoms with van der Waals surface area (Å²) in [5, 5.41) is 25.8. The van der Waals surface area contributed by atoms with Gasteiger partial charge in [-0.2, -0.15) is 0 Å². The minimum atomic E-state index is -1.48. The zero-order valence-corrected chi connectivity index (χ0v) is 18.4. The number of nitrogens with one attached hydrogen (secondary N) is 1. The lowest BCUT2D eigenvalue weighted by Gasteiger charge is -2.43. The molecule has 0 saturated heterocycles. The highest BCUT2D eigenvalue weighted by atomic mass is 16.6. The lowest BCUT2D eigenvalue weighted by molar-refractivity contribution is -0.384. The van der Waals surface area contributed by atoms with E-state index in [0.29, 0.717) is 28.3 Å². The second kappa shape index (κ2) is 8.92. The van der Waals surface area contributed by atoms with Crippen molar-refractivity contribution in [1.82, 2.24) is 0 Å². The summed E-state index contributed by atoms with van der Waals surface area (Å²) in [6, 6.07) is 12.9. The number of benzene rings is 2. The maximum Gasteiger partial charge on any atom is 0.269 e. The van der Waals surface area contributed by atoms with Crippen LogP contribution in [0.5, 0.6) is 5.75 Å². The van der Waals surface area contributed by atoms with Crippen molar-refractivity contribution in [3.05, 3.63) is 75.5 Å². The number of nitrogens with zero attached hydrogens (tertiary/aromatic N) is 1. The summed E-state index contributed by atoms with van der Waals surface area (Å²) in [6.45, 7) is 4.31. The fourth-order valence-corrected chi connectivity index (χ4v) is 4.53. The zero-order valence-electron chi connectivity index (χ0n) is 18.4. The van der Waals surface area contributed by atoms with Gasteiger partial charge >= 0.3 is 0 Å². The molecule has 32 heavy (non-hydrogen) atoms. The van der Waals surface area contributed by atoms with Crippen LogP contribution in [0.25, 0.3) is 0 Å². The third-order valence-corrected chi connectivity index (χ3v) is 5.82. The van der Waals surface area contributed by atoms with Gasteiger partial charge in [0, 0.05) is 41.4 Å². The molecule has 0 bridgehead atoms. The quantitative estimate of drug-likeness (QED) is 0.495. The molecule has 0 heterocycles. The molecule has 0 aromatic heterocycles.